The van der Waals surface area contributed by atoms with E-state index in [2.05, 4.69) is 22.1 Å². The Morgan fingerprint density at radius 1 is 1.21 bits per heavy atom. The van der Waals surface area contributed by atoms with E-state index in [0.717, 1.165) is 11.6 Å². The van der Waals surface area contributed by atoms with Crippen molar-refractivity contribution in [3.63, 3.8) is 0 Å². The summed E-state index contributed by atoms with van der Waals surface area (Å²) in [6.07, 6.45) is 8.77. The molecule has 2 bridgehead atoms. The van der Waals surface area contributed by atoms with Crippen molar-refractivity contribution in [1.82, 2.24) is 9.97 Å². The van der Waals surface area contributed by atoms with E-state index in [-0.39, 0.29) is 0 Å². The Morgan fingerprint density at radius 2 is 2.14 bits per heavy atom. The van der Waals surface area contributed by atoms with Crippen LogP contribution in [0.1, 0.15) is 24.5 Å². The standard InChI is InChI=1S/C11H13N3/c12-11-5-10(13-6-14-11)9-4-7-1-2-8(9)3-7/h1-2,5-9H,3-4H2,(H2,12,13,14). The predicted octanol–water partition coefficient (Wildman–Crippen LogP) is 1.74. The second-order valence-corrected chi connectivity index (χ2v) is 4.25. The van der Waals surface area contributed by atoms with Gasteiger partial charge in [0.15, 0.2) is 0 Å². The van der Waals surface area contributed by atoms with Gasteiger partial charge in [0.1, 0.15) is 12.1 Å². The maximum absolute atomic E-state index is 5.66. The van der Waals surface area contributed by atoms with Crippen molar-refractivity contribution >= 4 is 5.82 Å². The summed E-state index contributed by atoms with van der Waals surface area (Å²) in [6.45, 7) is 0. The quantitative estimate of drug-likeness (QED) is 0.681. The van der Waals surface area contributed by atoms with Crippen LogP contribution < -0.4 is 5.73 Å². The molecule has 3 atom stereocenters. The number of aromatic nitrogens is 2. The van der Waals surface area contributed by atoms with Crippen LogP contribution in [0.15, 0.2) is 24.5 Å². The van der Waals surface area contributed by atoms with Crippen LogP contribution in [0, 0.1) is 11.8 Å². The van der Waals surface area contributed by atoms with Gasteiger partial charge in [-0.3, -0.25) is 0 Å². The second kappa shape index (κ2) is 2.80. The van der Waals surface area contributed by atoms with Crippen molar-refractivity contribution in [1.29, 1.82) is 0 Å². The highest BCUT2D eigenvalue weighted by atomic mass is 14.9. The van der Waals surface area contributed by atoms with Gasteiger partial charge in [-0.05, 0) is 24.7 Å². The highest BCUT2D eigenvalue weighted by Crippen LogP contribution is 2.48. The van der Waals surface area contributed by atoms with Crippen molar-refractivity contribution in [3.05, 3.63) is 30.2 Å². The molecule has 14 heavy (non-hydrogen) atoms. The molecule has 1 aromatic rings. The lowest BCUT2D eigenvalue weighted by Crippen LogP contribution is -2.08. The van der Waals surface area contributed by atoms with Crippen LogP contribution in [0.2, 0.25) is 0 Å². The summed E-state index contributed by atoms with van der Waals surface area (Å²) in [7, 11) is 0. The molecule has 2 aliphatic rings. The largest absolute Gasteiger partial charge is 0.384 e. The second-order valence-electron chi connectivity index (χ2n) is 4.25. The number of hydrogen-bond donors (Lipinski definition) is 1. The van der Waals surface area contributed by atoms with Gasteiger partial charge in [0.05, 0.1) is 0 Å². The molecule has 0 amide bonds. The first kappa shape index (κ1) is 7.97. The Bertz CT molecular complexity index is 386. The molecule has 1 heterocycles. The summed E-state index contributed by atoms with van der Waals surface area (Å²) in [5, 5.41) is 0. The van der Waals surface area contributed by atoms with E-state index in [1.54, 1.807) is 6.33 Å². The Hall–Kier alpha value is -1.38. The average molecular weight is 187 g/mol. The van der Waals surface area contributed by atoms with Crippen LogP contribution in [0.4, 0.5) is 5.82 Å². The maximum atomic E-state index is 5.66. The molecule has 0 saturated heterocycles. The van der Waals surface area contributed by atoms with E-state index in [9.17, 15) is 0 Å². The van der Waals surface area contributed by atoms with Crippen LogP contribution in [0.25, 0.3) is 0 Å². The lowest BCUT2D eigenvalue weighted by Gasteiger charge is -2.16. The molecule has 0 radical (unpaired) electrons. The van der Waals surface area contributed by atoms with Crippen molar-refractivity contribution < 1.29 is 0 Å². The molecule has 3 nitrogen and oxygen atoms in total. The molecule has 3 unspecified atom stereocenters. The molecule has 0 spiro atoms. The third kappa shape index (κ3) is 1.12. The van der Waals surface area contributed by atoms with Gasteiger partial charge in [-0.15, -0.1) is 0 Å². The van der Waals surface area contributed by atoms with Gasteiger partial charge in [0, 0.05) is 17.7 Å². The normalized spacial score (nSPS) is 33.9. The highest BCUT2D eigenvalue weighted by molar-refractivity contribution is 5.32. The van der Waals surface area contributed by atoms with Gasteiger partial charge >= 0.3 is 0 Å². The summed E-state index contributed by atoms with van der Waals surface area (Å²) in [4.78, 5) is 8.24. The lowest BCUT2D eigenvalue weighted by atomic mass is 9.90. The van der Waals surface area contributed by atoms with Gasteiger partial charge in [0.2, 0.25) is 0 Å². The molecule has 1 aromatic heterocycles. The first-order chi connectivity index (χ1) is 6.83. The van der Waals surface area contributed by atoms with Crippen molar-refractivity contribution in [2.24, 2.45) is 11.8 Å². The molecule has 0 aliphatic heterocycles. The smallest absolute Gasteiger partial charge is 0.127 e. The number of rotatable bonds is 1. The van der Waals surface area contributed by atoms with E-state index in [1.165, 1.54) is 12.8 Å². The number of allylic oxidation sites excluding steroid dienone is 2. The van der Waals surface area contributed by atoms with Gasteiger partial charge in [-0.1, -0.05) is 12.2 Å². The first-order valence-electron chi connectivity index (χ1n) is 5.08. The number of nitrogens with two attached hydrogens (primary N) is 1. The molecule has 1 saturated carbocycles. The highest BCUT2D eigenvalue weighted by Gasteiger charge is 2.37. The molecule has 1 fully saturated rings. The summed E-state index contributed by atoms with van der Waals surface area (Å²) in [6, 6.07) is 1.92. The number of nitrogen functional groups attached to an aromatic ring is 1. The van der Waals surface area contributed by atoms with Crippen LogP contribution in [0.5, 0.6) is 0 Å². The zero-order valence-electron chi connectivity index (χ0n) is 7.93. The molecule has 72 valence electrons. The van der Waals surface area contributed by atoms with Crippen molar-refractivity contribution in [3.8, 4) is 0 Å². The van der Waals surface area contributed by atoms with E-state index in [4.69, 9.17) is 5.73 Å². The third-order valence-corrected chi connectivity index (χ3v) is 3.37. The Labute approximate surface area is 83.1 Å². The Balaban J connectivity index is 1.93. The van der Waals surface area contributed by atoms with Crippen LogP contribution in [0.3, 0.4) is 0 Å². The fourth-order valence-electron chi connectivity index (χ4n) is 2.71. The average Bonchev–Trinajstić information content (AvgIpc) is 2.78. The zero-order chi connectivity index (χ0) is 9.54. The fraction of sp³-hybridized carbons (Fsp3) is 0.455. The van der Waals surface area contributed by atoms with Gasteiger partial charge < -0.3 is 5.73 Å². The van der Waals surface area contributed by atoms with Crippen LogP contribution in [-0.2, 0) is 0 Å². The molecule has 2 N–H and O–H groups in total. The Morgan fingerprint density at radius 3 is 2.79 bits per heavy atom. The molecular weight excluding hydrogens is 174 g/mol. The van der Waals surface area contributed by atoms with E-state index in [1.807, 2.05) is 6.07 Å². The fourth-order valence-corrected chi connectivity index (χ4v) is 2.71. The van der Waals surface area contributed by atoms with Gasteiger partial charge in [-0.2, -0.15) is 0 Å². The minimum absolute atomic E-state index is 0.579. The minimum atomic E-state index is 0.579. The van der Waals surface area contributed by atoms with Crippen molar-refractivity contribution in [2.75, 3.05) is 5.73 Å². The SMILES string of the molecule is Nc1cc(C2CC3C=CC2C3)ncn1. The Kier molecular flexibility index (Phi) is 1.60. The molecular formula is C11H13N3. The minimum Gasteiger partial charge on any atom is -0.384 e. The number of fused-ring (bicyclic) bond motifs is 2. The molecule has 0 aromatic carbocycles. The van der Waals surface area contributed by atoms with Crippen molar-refractivity contribution in [2.45, 2.75) is 18.8 Å². The zero-order valence-corrected chi connectivity index (χ0v) is 7.93. The summed E-state index contributed by atoms with van der Waals surface area (Å²) in [5.41, 5.74) is 6.77. The lowest BCUT2D eigenvalue weighted by molar-refractivity contribution is 0.569. The molecule has 2 aliphatic carbocycles. The number of hydrogen-bond acceptors (Lipinski definition) is 3. The summed E-state index contributed by atoms with van der Waals surface area (Å²) >= 11 is 0. The van der Waals surface area contributed by atoms with Gasteiger partial charge in [-0.25, -0.2) is 9.97 Å². The van der Waals surface area contributed by atoms with Crippen LogP contribution in [-0.4, -0.2) is 9.97 Å². The number of anilines is 1. The van der Waals surface area contributed by atoms with Crippen LogP contribution >= 0.6 is 0 Å². The third-order valence-electron chi connectivity index (χ3n) is 3.37. The maximum Gasteiger partial charge on any atom is 0.127 e. The summed E-state index contributed by atoms with van der Waals surface area (Å²) in [5.74, 6) is 2.63. The van der Waals surface area contributed by atoms with E-state index in [0.29, 0.717) is 17.7 Å². The molecule has 3 rings (SSSR count). The van der Waals surface area contributed by atoms with E-state index < -0.39 is 0 Å². The summed E-state index contributed by atoms with van der Waals surface area (Å²) < 4.78 is 0. The topological polar surface area (TPSA) is 51.8 Å². The van der Waals surface area contributed by atoms with E-state index >= 15 is 0 Å². The monoisotopic (exact) mass is 187 g/mol. The first-order valence-corrected chi connectivity index (χ1v) is 5.08. The predicted molar refractivity (Wildman–Crippen MR) is 54.5 cm³/mol. The van der Waals surface area contributed by atoms with Gasteiger partial charge in [0.25, 0.3) is 0 Å². The number of nitrogens with zero attached hydrogens (tertiary/aromatic N) is 2. The molecule has 3 heteroatoms.